The first-order chi connectivity index (χ1) is 15.1. The Hall–Kier alpha value is -1.93. The number of rotatable bonds is 5. The summed E-state index contributed by atoms with van der Waals surface area (Å²) in [5.41, 5.74) is 0.167. The summed E-state index contributed by atoms with van der Waals surface area (Å²) in [6, 6.07) is 0.870. The fourth-order valence-corrected chi connectivity index (χ4v) is 5.84. The first-order valence-corrected chi connectivity index (χ1v) is 12.0. The number of morpholine rings is 1. The minimum Gasteiger partial charge on any atom is -0.379 e. The molecule has 2 amide bonds. The van der Waals surface area contributed by atoms with Crippen LogP contribution in [-0.2, 0) is 16.1 Å². The molecule has 31 heavy (non-hydrogen) atoms. The van der Waals surface area contributed by atoms with Crippen LogP contribution in [0.15, 0.2) is 12.4 Å². The molecule has 8 heteroatoms. The lowest BCUT2D eigenvalue weighted by atomic mass is 9.60. The van der Waals surface area contributed by atoms with E-state index in [0.717, 1.165) is 77.9 Å². The third-order valence-electron chi connectivity index (χ3n) is 7.90. The molecule has 1 aromatic heterocycles. The van der Waals surface area contributed by atoms with Crippen LogP contribution in [0, 0.1) is 11.3 Å². The van der Waals surface area contributed by atoms with Crippen molar-refractivity contribution < 1.29 is 14.3 Å². The molecule has 2 aliphatic carbocycles. The van der Waals surface area contributed by atoms with Crippen molar-refractivity contribution in [2.45, 2.75) is 64.1 Å². The molecule has 0 unspecified atom stereocenters. The number of nitrogens with zero attached hydrogens (tertiary/aromatic N) is 4. The predicted octanol–water partition coefficient (Wildman–Crippen LogP) is 1.51. The second kappa shape index (κ2) is 8.54. The zero-order valence-corrected chi connectivity index (χ0v) is 18.6. The highest BCUT2D eigenvalue weighted by molar-refractivity contribution is 5.94. The number of hydrogen-bond acceptors (Lipinski definition) is 5. The number of ether oxygens (including phenoxy) is 1. The van der Waals surface area contributed by atoms with Crippen molar-refractivity contribution in [1.29, 1.82) is 0 Å². The van der Waals surface area contributed by atoms with E-state index in [4.69, 9.17) is 4.74 Å². The first-order valence-electron chi connectivity index (χ1n) is 12.0. The normalized spacial score (nSPS) is 31.8. The SMILES string of the molecule is CCn1cc(C(=O)N2CC[C@@H]3C[C@@H](N4CCOCC4)CC[C@@]3(C(=O)NC3CC3)C2)cn1. The lowest BCUT2D eigenvalue weighted by molar-refractivity contribution is -0.143. The molecule has 8 nitrogen and oxygen atoms in total. The van der Waals surface area contributed by atoms with E-state index >= 15 is 0 Å². The maximum absolute atomic E-state index is 13.5. The Bertz CT molecular complexity index is 816. The van der Waals surface area contributed by atoms with E-state index in [0.29, 0.717) is 30.1 Å². The second-order valence-corrected chi connectivity index (χ2v) is 9.78. The summed E-state index contributed by atoms with van der Waals surface area (Å²) in [7, 11) is 0. The van der Waals surface area contributed by atoms with Crippen LogP contribution < -0.4 is 5.32 Å². The van der Waals surface area contributed by atoms with Gasteiger partial charge in [-0.3, -0.25) is 19.2 Å². The Labute approximate surface area is 184 Å². The Morgan fingerprint density at radius 2 is 2.00 bits per heavy atom. The number of carbonyl (C=O) groups is 2. The maximum Gasteiger partial charge on any atom is 0.257 e. The zero-order valence-electron chi connectivity index (χ0n) is 18.6. The van der Waals surface area contributed by atoms with Crippen LogP contribution in [-0.4, -0.2) is 82.9 Å². The number of carbonyl (C=O) groups excluding carboxylic acids is 2. The minimum absolute atomic E-state index is 0.00653. The summed E-state index contributed by atoms with van der Waals surface area (Å²) in [4.78, 5) is 31.2. The molecule has 3 atom stereocenters. The van der Waals surface area contributed by atoms with Gasteiger partial charge in [0.15, 0.2) is 0 Å². The number of piperidine rings is 1. The van der Waals surface area contributed by atoms with Gasteiger partial charge in [0, 0.05) is 51.0 Å². The molecule has 1 N–H and O–H groups in total. The standard InChI is InChI=1S/C23H35N5O3/c1-2-28-15-17(14-24-28)21(29)27-8-6-18-13-20(26-9-11-31-12-10-26)5-7-23(18,16-27)22(30)25-19-3-4-19/h14-15,18-20H,2-13,16H2,1H3,(H,25,30)/t18-,20+,23-/m1/s1. The maximum atomic E-state index is 13.5. The third kappa shape index (κ3) is 4.12. The third-order valence-corrected chi connectivity index (χ3v) is 7.90. The lowest BCUT2D eigenvalue weighted by Gasteiger charge is -2.53. The molecular formula is C23H35N5O3. The highest BCUT2D eigenvalue weighted by Gasteiger charge is 2.54. The molecule has 2 saturated heterocycles. The van der Waals surface area contributed by atoms with E-state index in [1.54, 1.807) is 10.9 Å². The smallest absolute Gasteiger partial charge is 0.257 e. The van der Waals surface area contributed by atoms with Gasteiger partial charge in [0.1, 0.15) is 0 Å². The molecule has 170 valence electrons. The van der Waals surface area contributed by atoms with Crippen LogP contribution in [0.3, 0.4) is 0 Å². The van der Waals surface area contributed by atoms with E-state index in [-0.39, 0.29) is 11.8 Å². The van der Waals surface area contributed by atoms with Gasteiger partial charge in [-0.1, -0.05) is 0 Å². The molecule has 4 fully saturated rings. The zero-order chi connectivity index (χ0) is 21.4. The molecule has 3 heterocycles. The van der Waals surface area contributed by atoms with E-state index in [2.05, 4.69) is 15.3 Å². The summed E-state index contributed by atoms with van der Waals surface area (Å²) >= 11 is 0. The molecule has 2 aliphatic heterocycles. The van der Waals surface area contributed by atoms with Gasteiger partial charge in [-0.15, -0.1) is 0 Å². The monoisotopic (exact) mass is 429 g/mol. The number of hydrogen-bond donors (Lipinski definition) is 1. The molecule has 1 aromatic rings. The summed E-state index contributed by atoms with van der Waals surface area (Å²) in [5, 5.41) is 7.56. The fourth-order valence-electron chi connectivity index (χ4n) is 5.84. The van der Waals surface area contributed by atoms with E-state index in [1.807, 2.05) is 18.0 Å². The van der Waals surface area contributed by atoms with Crippen LogP contribution in [0.1, 0.15) is 55.8 Å². The molecule has 5 rings (SSSR count). The number of likely N-dealkylation sites (tertiary alicyclic amines) is 1. The molecule has 0 spiro atoms. The average Bonchev–Trinajstić information content (AvgIpc) is 3.50. The predicted molar refractivity (Wildman–Crippen MR) is 116 cm³/mol. The van der Waals surface area contributed by atoms with Gasteiger partial charge >= 0.3 is 0 Å². The molecule has 4 aliphatic rings. The topological polar surface area (TPSA) is 79.7 Å². The Morgan fingerprint density at radius 3 is 2.71 bits per heavy atom. The van der Waals surface area contributed by atoms with Gasteiger partial charge in [0.2, 0.25) is 5.91 Å². The fraction of sp³-hybridized carbons (Fsp3) is 0.783. The van der Waals surface area contributed by atoms with Crippen LogP contribution in [0.25, 0.3) is 0 Å². The van der Waals surface area contributed by atoms with Gasteiger partial charge in [0.25, 0.3) is 5.91 Å². The first kappa shape index (κ1) is 20.9. The lowest BCUT2D eigenvalue weighted by Crippen LogP contribution is -2.61. The highest BCUT2D eigenvalue weighted by atomic mass is 16.5. The van der Waals surface area contributed by atoms with Crippen molar-refractivity contribution in [1.82, 2.24) is 24.9 Å². The number of fused-ring (bicyclic) bond motifs is 1. The van der Waals surface area contributed by atoms with Crippen molar-refractivity contribution >= 4 is 11.8 Å². The van der Waals surface area contributed by atoms with Crippen LogP contribution in [0.2, 0.25) is 0 Å². The summed E-state index contributed by atoms with van der Waals surface area (Å²) in [6.07, 6.45) is 9.47. The quantitative estimate of drug-likeness (QED) is 0.768. The average molecular weight is 430 g/mol. The number of aromatic nitrogens is 2. The Kier molecular flexibility index (Phi) is 5.77. The van der Waals surface area contributed by atoms with Crippen molar-refractivity contribution in [2.75, 3.05) is 39.4 Å². The van der Waals surface area contributed by atoms with Crippen molar-refractivity contribution in [3.05, 3.63) is 18.0 Å². The van der Waals surface area contributed by atoms with Crippen LogP contribution in [0.4, 0.5) is 0 Å². The van der Waals surface area contributed by atoms with E-state index < -0.39 is 5.41 Å². The summed E-state index contributed by atoms with van der Waals surface area (Å²) in [5.74, 6) is 0.518. The van der Waals surface area contributed by atoms with E-state index in [1.165, 1.54) is 0 Å². The minimum atomic E-state index is -0.458. The largest absolute Gasteiger partial charge is 0.379 e. The summed E-state index contributed by atoms with van der Waals surface area (Å²) < 4.78 is 7.32. The molecule has 0 aromatic carbocycles. The molecule has 0 radical (unpaired) electrons. The van der Waals surface area contributed by atoms with Gasteiger partial charge in [-0.2, -0.15) is 5.10 Å². The molecule has 2 saturated carbocycles. The van der Waals surface area contributed by atoms with Crippen LogP contribution in [0.5, 0.6) is 0 Å². The van der Waals surface area contributed by atoms with Crippen molar-refractivity contribution in [2.24, 2.45) is 11.3 Å². The van der Waals surface area contributed by atoms with Gasteiger partial charge in [-0.05, 0) is 51.4 Å². The Balaban J connectivity index is 1.34. The Morgan fingerprint density at radius 1 is 1.19 bits per heavy atom. The van der Waals surface area contributed by atoms with Crippen LogP contribution >= 0.6 is 0 Å². The number of nitrogens with one attached hydrogen (secondary N) is 1. The molecular weight excluding hydrogens is 394 g/mol. The van der Waals surface area contributed by atoms with Crippen molar-refractivity contribution in [3.8, 4) is 0 Å². The number of amides is 2. The van der Waals surface area contributed by atoms with Gasteiger partial charge < -0.3 is 15.0 Å². The second-order valence-electron chi connectivity index (χ2n) is 9.78. The summed E-state index contributed by atoms with van der Waals surface area (Å²) in [6.45, 7) is 7.60. The van der Waals surface area contributed by atoms with Crippen molar-refractivity contribution in [3.63, 3.8) is 0 Å². The van der Waals surface area contributed by atoms with Gasteiger partial charge in [-0.25, -0.2) is 0 Å². The number of aryl methyl sites for hydroxylation is 1. The van der Waals surface area contributed by atoms with Gasteiger partial charge in [0.05, 0.1) is 30.4 Å². The molecule has 0 bridgehead atoms. The van der Waals surface area contributed by atoms with E-state index in [9.17, 15) is 9.59 Å². The highest BCUT2D eigenvalue weighted by Crippen LogP contribution is 2.48.